The van der Waals surface area contributed by atoms with Crippen LogP contribution in [0.15, 0.2) is 191 Å². The van der Waals surface area contributed by atoms with Crippen LogP contribution < -0.4 is 0 Å². The molecule has 57 heavy (non-hydrogen) atoms. The summed E-state index contributed by atoms with van der Waals surface area (Å²) in [5.74, 6) is 1.72. The molecule has 0 aliphatic carbocycles. The molecule has 0 aliphatic rings. The van der Waals surface area contributed by atoms with Gasteiger partial charge in [0, 0.05) is 54.7 Å². The average molecular weight is 731 g/mol. The second-order valence-corrected chi connectivity index (χ2v) is 14.4. The van der Waals surface area contributed by atoms with Gasteiger partial charge in [0.2, 0.25) is 0 Å². The molecular formula is C51H30N4O2. The zero-order valence-corrected chi connectivity index (χ0v) is 30.4. The van der Waals surface area contributed by atoms with Crippen molar-refractivity contribution < 1.29 is 8.83 Å². The van der Waals surface area contributed by atoms with Crippen LogP contribution in [0.4, 0.5) is 0 Å². The molecule has 0 atom stereocenters. The van der Waals surface area contributed by atoms with E-state index >= 15 is 0 Å². The van der Waals surface area contributed by atoms with Crippen LogP contribution >= 0.6 is 0 Å². The fourth-order valence-corrected chi connectivity index (χ4v) is 8.50. The summed E-state index contributed by atoms with van der Waals surface area (Å²) in [6, 6.07) is 62.7. The van der Waals surface area contributed by atoms with Gasteiger partial charge in [0.05, 0.1) is 11.0 Å². The minimum Gasteiger partial charge on any atom is -0.456 e. The summed E-state index contributed by atoms with van der Waals surface area (Å²) in [6.07, 6.45) is 0. The highest BCUT2D eigenvalue weighted by Crippen LogP contribution is 2.41. The minimum absolute atomic E-state index is 0.563. The summed E-state index contributed by atoms with van der Waals surface area (Å²) in [7, 11) is 0. The molecule has 0 saturated heterocycles. The highest BCUT2D eigenvalue weighted by atomic mass is 16.3. The van der Waals surface area contributed by atoms with Crippen LogP contribution in [0.1, 0.15) is 0 Å². The highest BCUT2D eigenvalue weighted by molar-refractivity contribution is 6.15. The van der Waals surface area contributed by atoms with E-state index in [4.69, 9.17) is 23.8 Å². The SMILES string of the molecule is c1ccc(-c2ccc3c(c2)c2ccccc2n3-c2ccc3oc4cccc(-c5nc(-c6ccccc6)nc(-c6cccc7oc8ccccc8c67)n5)c4c3c2)cc1. The van der Waals surface area contributed by atoms with E-state index in [0.29, 0.717) is 17.5 Å². The van der Waals surface area contributed by atoms with Gasteiger partial charge >= 0.3 is 0 Å². The lowest BCUT2D eigenvalue weighted by atomic mass is 10.0. The molecule has 0 unspecified atom stereocenters. The van der Waals surface area contributed by atoms with E-state index in [1.807, 2.05) is 72.8 Å². The predicted molar refractivity (Wildman–Crippen MR) is 230 cm³/mol. The first-order valence-corrected chi connectivity index (χ1v) is 19.0. The quantitative estimate of drug-likeness (QED) is 0.176. The minimum atomic E-state index is 0.563. The zero-order chi connectivity index (χ0) is 37.5. The molecule has 0 aliphatic heterocycles. The number of aromatic nitrogens is 4. The number of benzene rings is 8. The number of hydrogen-bond acceptors (Lipinski definition) is 5. The Bertz CT molecular complexity index is 3530. The van der Waals surface area contributed by atoms with Gasteiger partial charge < -0.3 is 13.4 Å². The molecule has 0 radical (unpaired) electrons. The van der Waals surface area contributed by atoms with Crippen molar-refractivity contribution in [3.05, 3.63) is 182 Å². The van der Waals surface area contributed by atoms with Crippen LogP contribution in [-0.4, -0.2) is 19.5 Å². The van der Waals surface area contributed by atoms with Crippen LogP contribution in [-0.2, 0) is 0 Å². The topological polar surface area (TPSA) is 69.9 Å². The van der Waals surface area contributed by atoms with E-state index in [1.165, 1.54) is 21.9 Å². The second-order valence-electron chi connectivity index (χ2n) is 14.4. The summed E-state index contributed by atoms with van der Waals surface area (Å²) in [6.45, 7) is 0. The number of nitrogens with zero attached hydrogens (tertiary/aromatic N) is 4. The summed E-state index contributed by atoms with van der Waals surface area (Å²) in [5, 5.41) is 6.33. The fourth-order valence-electron chi connectivity index (χ4n) is 8.50. The van der Waals surface area contributed by atoms with Gasteiger partial charge in [-0.25, -0.2) is 15.0 Å². The molecular weight excluding hydrogens is 701 g/mol. The molecule has 12 aromatic rings. The van der Waals surface area contributed by atoms with Crippen molar-refractivity contribution in [1.29, 1.82) is 0 Å². The molecule has 0 amide bonds. The molecule has 266 valence electrons. The van der Waals surface area contributed by atoms with Gasteiger partial charge in [-0.1, -0.05) is 127 Å². The molecule has 4 aromatic heterocycles. The Morgan fingerprint density at radius 1 is 0.333 bits per heavy atom. The zero-order valence-electron chi connectivity index (χ0n) is 30.4. The third-order valence-electron chi connectivity index (χ3n) is 11.1. The number of fused-ring (bicyclic) bond motifs is 9. The molecule has 0 bridgehead atoms. The first kappa shape index (κ1) is 31.5. The molecule has 0 fully saturated rings. The Morgan fingerprint density at radius 3 is 1.63 bits per heavy atom. The molecule has 0 spiro atoms. The number of para-hydroxylation sites is 2. The Kier molecular flexibility index (Phi) is 6.83. The molecule has 4 heterocycles. The monoisotopic (exact) mass is 730 g/mol. The summed E-state index contributed by atoms with van der Waals surface area (Å²) < 4.78 is 15.2. The van der Waals surface area contributed by atoms with E-state index in [9.17, 15) is 0 Å². The average Bonchev–Trinajstić information content (AvgIpc) is 3.96. The molecule has 8 aromatic carbocycles. The van der Waals surface area contributed by atoms with E-state index in [0.717, 1.165) is 77.3 Å². The van der Waals surface area contributed by atoms with Gasteiger partial charge in [-0.05, 0) is 65.7 Å². The normalized spacial score (nSPS) is 11.9. The predicted octanol–water partition coefficient (Wildman–Crippen LogP) is 13.4. The fraction of sp³-hybridized carbons (Fsp3) is 0. The largest absolute Gasteiger partial charge is 0.456 e. The van der Waals surface area contributed by atoms with E-state index < -0.39 is 0 Å². The van der Waals surface area contributed by atoms with Crippen LogP contribution in [0, 0.1) is 0 Å². The molecule has 12 rings (SSSR count). The van der Waals surface area contributed by atoms with Gasteiger partial charge in [0.1, 0.15) is 22.3 Å². The first-order chi connectivity index (χ1) is 28.2. The third-order valence-corrected chi connectivity index (χ3v) is 11.1. The maximum absolute atomic E-state index is 6.56. The van der Waals surface area contributed by atoms with Crippen molar-refractivity contribution in [1.82, 2.24) is 19.5 Å². The lowest BCUT2D eigenvalue weighted by Crippen LogP contribution is -2.00. The van der Waals surface area contributed by atoms with E-state index in [1.54, 1.807) is 0 Å². The maximum Gasteiger partial charge on any atom is 0.164 e. The smallest absolute Gasteiger partial charge is 0.164 e. The third kappa shape index (κ3) is 4.94. The van der Waals surface area contributed by atoms with Gasteiger partial charge in [-0.3, -0.25) is 0 Å². The molecule has 6 nitrogen and oxygen atoms in total. The van der Waals surface area contributed by atoms with Crippen molar-refractivity contribution >= 4 is 65.7 Å². The van der Waals surface area contributed by atoms with Crippen molar-refractivity contribution in [3.63, 3.8) is 0 Å². The van der Waals surface area contributed by atoms with Crippen molar-refractivity contribution in [2.75, 3.05) is 0 Å². The van der Waals surface area contributed by atoms with E-state index in [2.05, 4.69) is 114 Å². The second kappa shape index (κ2) is 12.3. The summed E-state index contributed by atoms with van der Waals surface area (Å²) in [4.78, 5) is 15.5. The Labute approximate surface area is 325 Å². The maximum atomic E-state index is 6.56. The lowest BCUT2D eigenvalue weighted by molar-refractivity contribution is 0.668. The first-order valence-electron chi connectivity index (χ1n) is 19.0. The molecule has 6 heteroatoms. The Morgan fingerprint density at radius 2 is 0.895 bits per heavy atom. The number of furan rings is 2. The van der Waals surface area contributed by atoms with Gasteiger partial charge in [0.25, 0.3) is 0 Å². The van der Waals surface area contributed by atoms with Crippen LogP contribution in [0.2, 0.25) is 0 Å². The van der Waals surface area contributed by atoms with E-state index in [-0.39, 0.29) is 0 Å². The van der Waals surface area contributed by atoms with Gasteiger partial charge in [-0.2, -0.15) is 0 Å². The number of hydrogen-bond donors (Lipinski definition) is 0. The van der Waals surface area contributed by atoms with Gasteiger partial charge in [0.15, 0.2) is 17.5 Å². The Hall–Kier alpha value is -7.83. The molecule has 0 saturated carbocycles. The highest BCUT2D eigenvalue weighted by Gasteiger charge is 2.21. The standard InChI is InChI=1S/C51H30N4O2/c1-3-13-31(14-4-1)33-25-27-42-39(29-33)35-17-7-9-21-41(35)55(42)34-26-28-44-40(30-34)48-38(20-12-24-46(48)57-44)51-53-49(32-15-5-2-6-16-32)52-50(54-51)37-19-11-23-45-47(37)36-18-8-10-22-43(36)56-45/h1-30H. The Balaban J connectivity index is 1.09. The van der Waals surface area contributed by atoms with Crippen molar-refractivity contribution in [2.24, 2.45) is 0 Å². The van der Waals surface area contributed by atoms with Crippen molar-refractivity contribution in [3.8, 4) is 51.0 Å². The van der Waals surface area contributed by atoms with Crippen LogP contribution in [0.5, 0.6) is 0 Å². The van der Waals surface area contributed by atoms with Gasteiger partial charge in [-0.15, -0.1) is 0 Å². The summed E-state index contributed by atoms with van der Waals surface area (Å²) in [5.41, 5.74) is 11.5. The van der Waals surface area contributed by atoms with Crippen LogP contribution in [0.3, 0.4) is 0 Å². The molecule has 0 N–H and O–H groups in total. The number of rotatable bonds is 5. The lowest BCUT2D eigenvalue weighted by Gasteiger charge is -2.10. The van der Waals surface area contributed by atoms with Crippen LogP contribution in [0.25, 0.3) is 117 Å². The summed E-state index contributed by atoms with van der Waals surface area (Å²) >= 11 is 0. The van der Waals surface area contributed by atoms with Crippen molar-refractivity contribution in [2.45, 2.75) is 0 Å².